The van der Waals surface area contributed by atoms with E-state index in [4.69, 9.17) is 9.47 Å². The topological polar surface area (TPSA) is 47.6 Å². The zero-order chi connectivity index (χ0) is 14.7. The number of hydrogen-bond donors (Lipinski definition) is 1. The van der Waals surface area contributed by atoms with Crippen LogP contribution in [0, 0.1) is 0 Å². The summed E-state index contributed by atoms with van der Waals surface area (Å²) in [6.07, 6.45) is 0.777. The van der Waals surface area contributed by atoms with Gasteiger partial charge in [-0.3, -0.25) is 4.79 Å². The Balaban J connectivity index is 1.76. The van der Waals surface area contributed by atoms with Crippen molar-refractivity contribution in [3.05, 3.63) is 59.7 Å². The second-order valence-electron chi connectivity index (χ2n) is 4.93. The Kier molecular flexibility index (Phi) is 3.77. The standard InChI is InChI=1S/C17H17NO3/c1-20-13-8-6-12(7-9-13)17(19)18-15-10-11-21-16-5-3-2-4-14(15)16/h2-9,15H,10-11H2,1H3,(H,18,19)/t15-/m0/s1. The number of nitrogens with one attached hydrogen (secondary N) is 1. The Morgan fingerprint density at radius 2 is 1.95 bits per heavy atom. The maximum atomic E-state index is 12.3. The monoisotopic (exact) mass is 283 g/mol. The summed E-state index contributed by atoms with van der Waals surface area (Å²) in [5, 5.41) is 3.07. The molecule has 1 atom stereocenters. The molecule has 2 aromatic carbocycles. The summed E-state index contributed by atoms with van der Waals surface area (Å²) in [6, 6.07) is 14.9. The average Bonchev–Trinajstić information content (AvgIpc) is 2.55. The van der Waals surface area contributed by atoms with Crippen LogP contribution in [0.25, 0.3) is 0 Å². The van der Waals surface area contributed by atoms with Crippen molar-refractivity contribution in [2.75, 3.05) is 13.7 Å². The van der Waals surface area contributed by atoms with Crippen LogP contribution in [0.5, 0.6) is 11.5 Å². The van der Waals surface area contributed by atoms with Crippen molar-refractivity contribution in [2.24, 2.45) is 0 Å². The maximum absolute atomic E-state index is 12.3. The van der Waals surface area contributed by atoms with E-state index in [1.54, 1.807) is 31.4 Å². The highest BCUT2D eigenvalue weighted by atomic mass is 16.5. The second-order valence-corrected chi connectivity index (χ2v) is 4.93. The van der Waals surface area contributed by atoms with Crippen LogP contribution in [0.1, 0.15) is 28.4 Å². The van der Waals surface area contributed by atoms with Crippen molar-refractivity contribution >= 4 is 5.91 Å². The van der Waals surface area contributed by atoms with E-state index in [2.05, 4.69) is 5.32 Å². The Labute approximate surface area is 123 Å². The number of benzene rings is 2. The molecule has 1 N–H and O–H groups in total. The minimum atomic E-state index is -0.0839. The molecule has 0 unspecified atom stereocenters. The Bertz CT molecular complexity index is 637. The molecule has 0 aliphatic carbocycles. The lowest BCUT2D eigenvalue weighted by Crippen LogP contribution is -2.32. The molecule has 1 heterocycles. The zero-order valence-electron chi connectivity index (χ0n) is 11.8. The van der Waals surface area contributed by atoms with Crippen molar-refractivity contribution in [1.29, 1.82) is 0 Å². The minimum Gasteiger partial charge on any atom is -0.497 e. The number of carbonyl (C=O) groups excluding carboxylic acids is 1. The fraction of sp³-hybridized carbons (Fsp3) is 0.235. The van der Waals surface area contributed by atoms with Crippen LogP contribution in [0.15, 0.2) is 48.5 Å². The van der Waals surface area contributed by atoms with Gasteiger partial charge in [0.25, 0.3) is 5.91 Å². The normalized spacial score (nSPS) is 16.5. The number of hydrogen-bond acceptors (Lipinski definition) is 3. The van der Waals surface area contributed by atoms with Gasteiger partial charge in [-0.1, -0.05) is 18.2 Å². The van der Waals surface area contributed by atoms with Crippen LogP contribution in [0.2, 0.25) is 0 Å². The van der Waals surface area contributed by atoms with Gasteiger partial charge in [0.2, 0.25) is 0 Å². The molecule has 0 bridgehead atoms. The molecule has 0 radical (unpaired) electrons. The number of methoxy groups -OCH3 is 1. The molecule has 0 aromatic heterocycles. The third-order valence-electron chi connectivity index (χ3n) is 3.62. The van der Waals surface area contributed by atoms with Crippen LogP contribution in [0.3, 0.4) is 0 Å². The van der Waals surface area contributed by atoms with E-state index in [9.17, 15) is 4.79 Å². The second kappa shape index (κ2) is 5.87. The summed E-state index contributed by atoms with van der Waals surface area (Å²) in [5.41, 5.74) is 1.66. The van der Waals surface area contributed by atoms with Gasteiger partial charge >= 0.3 is 0 Å². The van der Waals surface area contributed by atoms with Gasteiger partial charge in [0.05, 0.1) is 19.8 Å². The van der Waals surface area contributed by atoms with E-state index in [-0.39, 0.29) is 11.9 Å². The first-order chi connectivity index (χ1) is 10.3. The lowest BCUT2D eigenvalue weighted by Gasteiger charge is -2.26. The van der Waals surface area contributed by atoms with Gasteiger partial charge < -0.3 is 14.8 Å². The molecule has 1 aliphatic heterocycles. The number of amides is 1. The molecule has 0 saturated carbocycles. The first-order valence-corrected chi connectivity index (χ1v) is 6.94. The number of ether oxygens (including phenoxy) is 2. The lowest BCUT2D eigenvalue weighted by atomic mass is 10.00. The summed E-state index contributed by atoms with van der Waals surface area (Å²) in [4.78, 5) is 12.3. The Morgan fingerprint density at radius 1 is 1.19 bits per heavy atom. The van der Waals surface area contributed by atoms with Gasteiger partial charge in [0, 0.05) is 17.5 Å². The van der Waals surface area contributed by atoms with E-state index in [1.807, 2.05) is 24.3 Å². The van der Waals surface area contributed by atoms with Crippen molar-refractivity contribution < 1.29 is 14.3 Å². The molecule has 0 saturated heterocycles. The van der Waals surface area contributed by atoms with E-state index in [1.165, 1.54) is 0 Å². The third kappa shape index (κ3) is 2.84. The van der Waals surface area contributed by atoms with Crippen LogP contribution in [-0.2, 0) is 0 Å². The largest absolute Gasteiger partial charge is 0.497 e. The summed E-state index contributed by atoms with van der Waals surface area (Å²) in [5.74, 6) is 1.51. The fourth-order valence-electron chi connectivity index (χ4n) is 2.48. The van der Waals surface area contributed by atoms with Crippen molar-refractivity contribution in [3.8, 4) is 11.5 Å². The molecule has 1 aliphatic rings. The fourth-order valence-corrected chi connectivity index (χ4v) is 2.48. The number of fused-ring (bicyclic) bond motifs is 1. The molecule has 108 valence electrons. The summed E-state index contributed by atoms with van der Waals surface area (Å²) in [7, 11) is 1.61. The van der Waals surface area contributed by atoms with Gasteiger partial charge in [-0.05, 0) is 30.3 Å². The van der Waals surface area contributed by atoms with E-state index < -0.39 is 0 Å². The predicted octanol–water partition coefficient (Wildman–Crippen LogP) is 2.95. The summed E-state index contributed by atoms with van der Waals surface area (Å²) < 4.78 is 10.7. The quantitative estimate of drug-likeness (QED) is 0.942. The van der Waals surface area contributed by atoms with Crippen molar-refractivity contribution in [3.63, 3.8) is 0 Å². The molecule has 4 heteroatoms. The molecular weight excluding hydrogens is 266 g/mol. The molecule has 0 fully saturated rings. The Morgan fingerprint density at radius 3 is 2.71 bits per heavy atom. The predicted molar refractivity (Wildman–Crippen MR) is 79.8 cm³/mol. The molecule has 1 amide bonds. The smallest absolute Gasteiger partial charge is 0.251 e. The van der Waals surface area contributed by atoms with Crippen molar-refractivity contribution in [2.45, 2.75) is 12.5 Å². The van der Waals surface area contributed by atoms with Gasteiger partial charge in [0.15, 0.2) is 0 Å². The lowest BCUT2D eigenvalue weighted by molar-refractivity contribution is 0.0925. The first kappa shape index (κ1) is 13.5. The molecule has 2 aromatic rings. The Hall–Kier alpha value is -2.49. The highest BCUT2D eigenvalue weighted by molar-refractivity contribution is 5.94. The van der Waals surface area contributed by atoms with Crippen molar-refractivity contribution in [1.82, 2.24) is 5.32 Å². The van der Waals surface area contributed by atoms with Crippen LogP contribution >= 0.6 is 0 Å². The molecule has 3 rings (SSSR count). The number of rotatable bonds is 3. The maximum Gasteiger partial charge on any atom is 0.251 e. The highest BCUT2D eigenvalue weighted by Crippen LogP contribution is 2.31. The summed E-state index contributed by atoms with van der Waals surface area (Å²) >= 11 is 0. The van der Waals surface area contributed by atoms with Gasteiger partial charge in [-0.15, -0.1) is 0 Å². The summed E-state index contributed by atoms with van der Waals surface area (Å²) in [6.45, 7) is 0.616. The van der Waals surface area contributed by atoms with Crippen LogP contribution in [-0.4, -0.2) is 19.6 Å². The van der Waals surface area contributed by atoms with E-state index in [0.717, 1.165) is 23.5 Å². The molecule has 4 nitrogen and oxygen atoms in total. The SMILES string of the molecule is COc1ccc(C(=O)N[C@H]2CCOc3ccccc32)cc1. The van der Waals surface area contributed by atoms with Crippen LogP contribution in [0.4, 0.5) is 0 Å². The average molecular weight is 283 g/mol. The molecule has 0 spiro atoms. The minimum absolute atomic E-state index is 0.00967. The van der Waals surface area contributed by atoms with E-state index >= 15 is 0 Å². The number of para-hydroxylation sites is 1. The zero-order valence-corrected chi connectivity index (χ0v) is 11.8. The molecule has 21 heavy (non-hydrogen) atoms. The van der Waals surface area contributed by atoms with Crippen LogP contribution < -0.4 is 14.8 Å². The highest BCUT2D eigenvalue weighted by Gasteiger charge is 2.22. The van der Waals surface area contributed by atoms with Gasteiger partial charge in [-0.2, -0.15) is 0 Å². The third-order valence-corrected chi connectivity index (χ3v) is 3.62. The number of carbonyl (C=O) groups is 1. The molecular formula is C17H17NO3. The van der Waals surface area contributed by atoms with Gasteiger partial charge in [-0.25, -0.2) is 0 Å². The first-order valence-electron chi connectivity index (χ1n) is 6.94. The van der Waals surface area contributed by atoms with E-state index in [0.29, 0.717) is 12.2 Å². The van der Waals surface area contributed by atoms with Gasteiger partial charge in [0.1, 0.15) is 11.5 Å².